The van der Waals surface area contributed by atoms with Gasteiger partial charge in [0.25, 0.3) is 0 Å². The van der Waals surface area contributed by atoms with E-state index in [1.165, 1.54) is 14.2 Å². The van der Waals surface area contributed by atoms with E-state index in [-0.39, 0.29) is 23.9 Å². The maximum Gasteiger partial charge on any atom is 0.407 e. The van der Waals surface area contributed by atoms with Crippen LogP contribution in [0.2, 0.25) is 0 Å². The molecule has 4 N–H and O–H groups in total. The predicted molar refractivity (Wildman–Crippen MR) is 203 cm³/mol. The number of hydrogen-bond donors (Lipinski definition) is 4. The van der Waals surface area contributed by atoms with Gasteiger partial charge in [0.15, 0.2) is 0 Å². The molecule has 0 aliphatic carbocycles. The topological polar surface area (TPSA) is 175 Å². The van der Waals surface area contributed by atoms with Crippen molar-refractivity contribution in [2.45, 2.75) is 89.4 Å². The number of methoxy groups -OCH3 is 2. The SMILES string of the molecule is CCC[C@H](NC(=O)OC)C(=O)N1CCC[C@H]1c1ncc(-c2ccc(-c3ccc(-c4cnc([C@@H]5CCCN5C(=O)[C@H](CCC)NC(=O)OC)[nH]4)cc3)cc2)[nH]1. The van der Waals surface area contributed by atoms with Crippen LogP contribution in [0.15, 0.2) is 60.9 Å². The van der Waals surface area contributed by atoms with E-state index in [1.807, 2.05) is 23.6 Å². The highest BCUT2D eigenvalue weighted by atomic mass is 16.5. The van der Waals surface area contributed by atoms with Gasteiger partial charge in [0.2, 0.25) is 11.8 Å². The number of carbonyl (C=O) groups is 4. The molecular formula is C40H50N8O6. The third-order valence-electron chi connectivity index (χ3n) is 10.3. The summed E-state index contributed by atoms with van der Waals surface area (Å²) in [6.45, 7) is 5.17. The Kier molecular flexibility index (Phi) is 12.3. The molecule has 2 aliphatic heterocycles. The first kappa shape index (κ1) is 38.1. The summed E-state index contributed by atoms with van der Waals surface area (Å²) < 4.78 is 9.49. The molecule has 14 heteroatoms. The molecule has 6 rings (SSSR count). The van der Waals surface area contributed by atoms with Crippen LogP contribution in [0.1, 0.15) is 88.9 Å². The van der Waals surface area contributed by atoms with Crippen molar-refractivity contribution in [3.05, 3.63) is 72.6 Å². The van der Waals surface area contributed by atoms with Crippen molar-refractivity contribution in [3.63, 3.8) is 0 Å². The predicted octanol–water partition coefficient (Wildman–Crippen LogP) is 6.51. The highest BCUT2D eigenvalue weighted by Gasteiger charge is 2.37. The molecule has 14 nitrogen and oxygen atoms in total. The number of alkyl carbamates (subject to hydrolysis) is 2. The van der Waals surface area contributed by atoms with Gasteiger partial charge in [0.05, 0.1) is 50.1 Å². The normalized spacial score (nSPS) is 17.9. The number of amides is 4. The number of hydrogen-bond acceptors (Lipinski definition) is 8. The van der Waals surface area contributed by atoms with Gasteiger partial charge in [-0.1, -0.05) is 75.2 Å². The second kappa shape index (κ2) is 17.4. The molecule has 4 heterocycles. The van der Waals surface area contributed by atoms with Crippen molar-refractivity contribution in [1.82, 2.24) is 40.4 Å². The van der Waals surface area contributed by atoms with Crippen molar-refractivity contribution in [2.75, 3.05) is 27.3 Å². The van der Waals surface area contributed by atoms with Crippen molar-refractivity contribution in [2.24, 2.45) is 0 Å². The fourth-order valence-corrected chi connectivity index (χ4v) is 7.51. The first-order chi connectivity index (χ1) is 26.2. The molecule has 0 bridgehead atoms. The third kappa shape index (κ3) is 8.42. The lowest BCUT2D eigenvalue weighted by atomic mass is 10.0. The van der Waals surface area contributed by atoms with Gasteiger partial charge in [0.1, 0.15) is 23.7 Å². The highest BCUT2D eigenvalue weighted by molar-refractivity contribution is 5.87. The Morgan fingerprint density at radius 2 is 1.04 bits per heavy atom. The van der Waals surface area contributed by atoms with Crippen LogP contribution >= 0.6 is 0 Å². The first-order valence-electron chi connectivity index (χ1n) is 18.9. The zero-order chi connectivity index (χ0) is 38.2. The number of imidazole rings is 2. The van der Waals surface area contributed by atoms with Gasteiger partial charge in [-0.25, -0.2) is 19.6 Å². The van der Waals surface area contributed by atoms with E-state index in [4.69, 9.17) is 9.47 Å². The number of nitrogens with zero attached hydrogens (tertiary/aromatic N) is 4. The number of carbonyl (C=O) groups excluding carboxylic acids is 4. The average molecular weight is 739 g/mol. The molecule has 2 aliphatic rings. The summed E-state index contributed by atoms with van der Waals surface area (Å²) in [5, 5.41) is 5.39. The Balaban J connectivity index is 1.10. The Bertz CT molecular complexity index is 1770. The largest absolute Gasteiger partial charge is 0.453 e. The number of aromatic nitrogens is 4. The minimum Gasteiger partial charge on any atom is -0.453 e. The minimum atomic E-state index is -0.640. The number of benzene rings is 2. The summed E-state index contributed by atoms with van der Waals surface area (Å²) in [5.41, 5.74) is 5.81. The summed E-state index contributed by atoms with van der Waals surface area (Å²) in [6, 6.07) is 14.8. The number of ether oxygens (including phenoxy) is 2. The van der Waals surface area contributed by atoms with Crippen LogP contribution in [0.4, 0.5) is 9.59 Å². The quantitative estimate of drug-likeness (QED) is 0.120. The van der Waals surface area contributed by atoms with Crippen LogP contribution in [-0.4, -0.2) is 93.1 Å². The van der Waals surface area contributed by atoms with Crippen LogP contribution in [0.5, 0.6) is 0 Å². The molecule has 4 aromatic rings. The Morgan fingerprint density at radius 3 is 1.39 bits per heavy atom. The molecule has 4 atom stereocenters. The zero-order valence-corrected chi connectivity index (χ0v) is 31.4. The number of H-pyrrole nitrogens is 2. The van der Waals surface area contributed by atoms with Crippen molar-refractivity contribution in [1.29, 1.82) is 0 Å². The van der Waals surface area contributed by atoms with E-state index in [2.05, 4.69) is 79.1 Å². The van der Waals surface area contributed by atoms with Gasteiger partial charge in [0, 0.05) is 13.1 Å². The highest BCUT2D eigenvalue weighted by Crippen LogP contribution is 2.35. The fraction of sp³-hybridized carbons (Fsp3) is 0.450. The molecule has 286 valence electrons. The Labute approximate surface area is 315 Å². The van der Waals surface area contributed by atoms with Gasteiger partial charge >= 0.3 is 12.2 Å². The van der Waals surface area contributed by atoms with E-state index >= 15 is 0 Å². The first-order valence-corrected chi connectivity index (χ1v) is 18.9. The molecule has 2 fully saturated rings. The zero-order valence-electron chi connectivity index (χ0n) is 31.4. The number of aromatic amines is 2. The van der Waals surface area contributed by atoms with Crippen molar-refractivity contribution in [3.8, 4) is 33.6 Å². The molecule has 4 amide bonds. The number of likely N-dealkylation sites (tertiary alicyclic amines) is 2. The minimum absolute atomic E-state index is 0.120. The smallest absolute Gasteiger partial charge is 0.407 e. The Hall–Kier alpha value is -5.66. The van der Waals surface area contributed by atoms with Gasteiger partial charge in [-0.2, -0.15) is 0 Å². The maximum absolute atomic E-state index is 13.5. The lowest BCUT2D eigenvalue weighted by Crippen LogP contribution is -2.48. The van der Waals surface area contributed by atoms with Gasteiger partial charge in [-0.3, -0.25) is 9.59 Å². The monoisotopic (exact) mass is 738 g/mol. The second-order valence-corrected chi connectivity index (χ2v) is 13.9. The lowest BCUT2D eigenvalue weighted by molar-refractivity contribution is -0.135. The molecule has 2 aromatic carbocycles. The lowest BCUT2D eigenvalue weighted by Gasteiger charge is -2.28. The maximum atomic E-state index is 13.5. The van der Waals surface area contributed by atoms with Crippen molar-refractivity contribution < 1.29 is 28.7 Å². The number of nitrogens with one attached hydrogen (secondary N) is 4. The van der Waals surface area contributed by atoms with E-state index in [9.17, 15) is 19.2 Å². The molecule has 0 spiro atoms. The van der Waals surface area contributed by atoms with E-state index in [0.717, 1.165) is 83.8 Å². The van der Waals surface area contributed by atoms with E-state index in [1.54, 1.807) is 12.4 Å². The molecule has 2 saturated heterocycles. The van der Waals surface area contributed by atoms with Crippen LogP contribution < -0.4 is 10.6 Å². The van der Waals surface area contributed by atoms with Gasteiger partial charge < -0.3 is 39.9 Å². The van der Waals surface area contributed by atoms with Crippen LogP contribution in [-0.2, 0) is 19.1 Å². The summed E-state index contributed by atoms with van der Waals surface area (Å²) >= 11 is 0. The molecular weight excluding hydrogens is 688 g/mol. The van der Waals surface area contributed by atoms with Gasteiger partial charge in [-0.15, -0.1) is 0 Å². The van der Waals surface area contributed by atoms with Crippen LogP contribution in [0.3, 0.4) is 0 Å². The summed E-state index contributed by atoms with van der Waals surface area (Å²) in [4.78, 5) is 70.6. The third-order valence-corrected chi connectivity index (χ3v) is 10.3. The molecule has 0 radical (unpaired) electrons. The van der Waals surface area contributed by atoms with Crippen LogP contribution in [0, 0.1) is 0 Å². The standard InChI is InChI=1S/C40H50N8O6/c1-5-9-29(45-39(51)53-3)37(49)47-21-7-11-33(47)35-41-23-31(43-35)27-17-13-25(14-18-27)26-15-19-28(20-16-26)32-24-42-36(44-32)34-12-8-22-48(34)38(50)30(10-6-2)46-40(52)54-4/h13-20,23-24,29-30,33-34H,5-12,21-22H2,1-4H3,(H,41,43)(H,42,44)(H,45,51)(H,46,52)/t29-,30-,33-,34-/m0/s1. The van der Waals surface area contributed by atoms with E-state index in [0.29, 0.717) is 25.9 Å². The number of rotatable bonds is 13. The summed E-state index contributed by atoms with van der Waals surface area (Å²) in [5.74, 6) is 1.22. The Morgan fingerprint density at radius 1 is 0.667 bits per heavy atom. The van der Waals surface area contributed by atoms with Crippen molar-refractivity contribution >= 4 is 24.0 Å². The average Bonchev–Trinajstić information content (AvgIpc) is 4.04. The molecule has 54 heavy (non-hydrogen) atoms. The molecule has 2 aromatic heterocycles. The summed E-state index contributed by atoms with van der Waals surface area (Å²) in [7, 11) is 2.59. The van der Waals surface area contributed by atoms with Gasteiger partial charge in [-0.05, 0) is 60.8 Å². The fourth-order valence-electron chi connectivity index (χ4n) is 7.51. The van der Waals surface area contributed by atoms with Crippen LogP contribution in [0.25, 0.3) is 33.6 Å². The van der Waals surface area contributed by atoms with E-state index < -0.39 is 24.3 Å². The molecule has 0 unspecified atom stereocenters. The second-order valence-electron chi connectivity index (χ2n) is 13.9. The molecule has 0 saturated carbocycles. The summed E-state index contributed by atoms with van der Waals surface area (Å²) in [6.07, 6.45) is 8.24.